The minimum atomic E-state index is 0.188. The lowest BCUT2D eigenvalue weighted by molar-refractivity contribution is -0.132. The molecule has 3 rings (SSSR count). The number of fused-ring (bicyclic) bond motifs is 1. The molecule has 0 saturated heterocycles. The number of halogens is 1. The van der Waals surface area contributed by atoms with E-state index in [1.54, 1.807) is 14.2 Å². The number of hydrogen-bond donors (Lipinski definition) is 1. The molecule has 1 aliphatic rings. The van der Waals surface area contributed by atoms with Gasteiger partial charge in [0, 0.05) is 31.6 Å². The fourth-order valence-corrected chi connectivity index (χ4v) is 3.57. The molecule has 0 unspecified atom stereocenters. The third kappa shape index (κ3) is 3.59. The van der Waals surface area contributed by atoms with Crippen LogP contribution in [0.25, 0.3) is 0 Å². The zero-order valence-electron chi connectivity index (χ0n) is 13.9. The van der Waals surface area contributed by atoms with Crippen molar-refractivity contribution in [1.82, 2.24) is 9.88 Å². The Bertz CT molecular complexity index is 742. The lowest BCUT2D eigenvalue weighted by Gasteiger charge is -2.27. The number of rotatable bonds is 5. The van der Waals surface area contributed by atoms with Gasteiger partial charge in [-0.3, -0.25) is 4.79 Å². The molecule has 2 heterocycles. The molecule has 1 aromatic carbocycles. The molecule has 1 N–H and O–H groups in total. The highest BCUT2D eigenvalue weighted by Crippen LogP contribution is 2.28. The van der Waals surface area contributed by atoms with Crippen molar-refractivity contribution in [3.8, 4) is 11.5 Å². The van der Waals surface area contributed by atoms with Crippen LogP contribution in [0.5, 0.6) is 11.5 Å². The fourth-order valence-electron chi connectivity index (χ4n) is 3.05. The molecule has 1 amide bonds. The van der Waals surface area contributed by atoms with Crippen LogP contribution in [0.3, 0.4) is 0 Å². The number of ether oxygens (including phenoxy) is 2. The normalized spacial score (nSPS) is 13.5. The van der Waals surface area contributed by atoms with Crippen molar-refractivity contribution in [3.63, 3.8) is 0 Å². The van der Waals surface area contributed by atoms with Gasteiger partial charge in [0.2, 0.25) is 5.91 Å². The zero-order chi connectivity index (χ0) is 17.1. The number of aryl methyl sites for hydroxylation is 1. The Morgan fingerprint density at radius 3 is 2.79 bits per heavy atom. The van der Waals surface area contributed by atoms with Crippen LogP contribution in [0.2, 0.25) is 0 Å². The minimum Gasteiger partial charge on any atom is -0.493 e. The highest BCUT2D eigenvalue weighted by atomic mass is 79.9. The maximum absolute atomic E-state index is 12.5. The van der Waals surface area contributed by atoms with Gasteiger partial charge in [-0.05, 0) is 51.7 Å². The van der Waals surface area contributed by atoms with Gasteiger partial charge in [0.1, 0.15) is 0 Å². The Kier molecular flexibility index (Phi) is 5.14. The molecule has 0 bridgehead atoms. The van der Waals surface area contributed by atoms with Crippen LogP contribution in [0, 0.1) is 0 Å². The second-order valence-electron chi connectivity index (χ2n) is 5.88. The molecule has 0 saturated carbocycles. The first-order valence-electron chi connectivity index (χ1n) is 7.95. The molecule has 5 nitrogen and oxygen atoms in total. The summed E-state index contributed by atoms with van der Waals surface area (Å²) in [5, 5.41) is 0. The van der Waals surface area contributed by atoms with Gasteiger partial charge in [0.05, 0.1) is 18.8 Å². The van der Waals surface area contributed by atoms with Gasteiger partial charge >= 0.3 is 0 Å². The summed E-state index contributed by atoms with van der Waals surface area (Å²) in [4.78, 5) is 17.7. The predicted molar refractivity (Wildman–Crippen MR) is 95.5 cm³/mol. The molecule has 0 atom stereocenters. The molecule has 128 valence electrons. The molecule has 0 fully saturated rings. The van der Waals surface area contributed by atoms with E-state index in [2.05, 4.69) is 27.0 Å². The van der Waals surface area contributed by atoms with Crippen LogP contribution in [-0.2, 0) is 24.2 Å². The van der Waals surface area contributed by atoms with Crippen molar-refractivity contribution < 1.29 is 14.3 Å². The van der Waals surface area contributed by atoms with Gasteiger partial charge in [0.25, 0.3) is 0 Å². The van der Waals surface area contributed by atoms with Crippen molar-refractivity contribution in [1.29, 1.82) is 0 Å². The van der Waals surface area contributed by atoms with Crippen LogP contribution in [0.4, 0.5) is 0 Å². The second-order valence-corrected chi connectivity index (χ2v) is 6.73. The van der Waals surface area contributed by atoms with Gasteiger partial charge in [-0.15, -0.1) is 0 Å². The number of nitrogens with zero attached hydrogens (tertiary/aromatic N) is 1. The zero-order valence-corrected chi connectivity index (χ0v) is 15.5. The second kappa shape index (κ2) is 7.30. The lowest BCUT2D eigenvalue weighted by atomic mass is 10.1. The third-order valence-electron chi connectivity index (χ3n) is 4.38. The average molecular weight is 393 g/mol. The third-order valence-corrected chi connectivity index (χ3v) is 4.81. The number of carbonyl (C=O) groups is 1. The number of H-pyrrole nitrogens is 1. The number of aromatic nitrogens is 1. The summed E-state index contributed by atoms with van der Waals surface area (Å²) in [5.74, 6) is 1.59. The van der Waals surface area contributed by atoms with Crippen molar-refractivity contribution in [2.24, 2.45) is 0 Å². The van der Waals surface area contributed by atoms with E-state index in [4.69, 9.17) is 9.47 Å². The first-order valence-corrected chi connectivity index (χ1v) is 8.75. The average Bonchev–Trinajstić information content (AvgIpc) is 2.98. The van der Waals surface area contributed by atoms with Gasteiger partial charge in [0.15, 0.2) is 11.5 Å². The van der Waals surface area contributed by atoms with Crippen LogP contribution in [0.1, 0.15) is 23.2 Å². The fraction of sp³-hybridized carbons (Fsp3) is 0.389. The highest BCUT2D eigenvalue weighted by Gasteiger charge is 2.22. The largest absolute Gasteiger partial charge is 0.493 e. The number of amides is 1. The van der Waals surface area contributed by atoms with Crippen molar-refractivity contribution in [3.05, 3.63) is 45.7 Å². The highest BCUT2D eigenvalue weighted by molar-refractivity contribution is 9.10. The Morgan fingerprint density at radius 1 is 1.25 bits per heavy atom. The topological polar surface area (TPSA) is 54.6 Å². The minimum absolute atomic E-state index is 0.188. The number of nitrogens with one attached hydrogen (secondary N) is 1. The van der Waals surface area contributed by atoms with Gasteiger partial charge in [-0.25, -0.2) is 0 Å². The van der Waals surface area contributed by atoms with E-state index in [-0.39, 0.29) is 5.91 Å². The molecular weight excluding hydrogens is 372 g/mol. The first kappa shape index (κ1) is 16.9. The number of methoxy groups -OCH3 is 2. The Balaban J connectivity index is 1.60. The summed E-state index contributed by atoms with van der Waals surface area (Å²) in [5.41, 5.74) is 3.50. The quantitative estimate of drug-likeness (QED) is 0.848. The van der Waals surface area contributed by atoms with Crippen molar-refractivity contribution >= 4 is 21.8 Å². The van der Waals surface area contributed by atoms with E-state index in [9.17, 15) is 4.79 Å². The van der Waals surface area contributed by atoms with Gasteiger partial charge in [-0.2, -0.15) is 0 Å². The van der Waals surface area contributed by atoms with E-state index < -0.39 is 0 Å². The maximum atomic E-state index is 12.5. The molecule has 1 aliphatic heterocycles. The molecule has 0 spiro atoms. The molecule has 0 aliphatic carbocycles. The summed E-state index contributed by atoms with van der Waals surface area (Å²) >= 11 is 3.45. The van der Waals surface area contributed by atoms with Crippen LogP contribution in [0.15, 0.2) is 28.9 Å². The monoisotopic (exact) mass is 392 g/mol. The standard InChI is InChI=1S/C18H21BrN2O3/c1-23-15-5-3-12(9-16(15)24-2)4-6-18(22)21-8-7-14-13(11-21)10-17(19)20-14/h3,5,9-10,20H,4,6-8,11H2,1-2H3. The number of aromatic amines is 1. The summed E-state index contributed by atoms with van der Waals surface area (Å²) < 4.78 is 11.5. The molecule has 24 heavy (non-hydrogen) atoms. The predicted octanol–water partition coefficient (Wildman–Crippen LogP) is 3.31. The van der Waals surface area contributed by atoms with E-state index in [0.717, 1.165) is 23.1 Å². The van der Waals surface area contributed by atoms with Crippen molar-refractivity contribution in [2.45, 2.75) is 25.8 Å². The summed E-state index contributed by atoms with van der Waals surface area (Å²) in [6.45, 7) is 1.45. The van der Waals surface area contributed by atoms with E-state index >= 15 is 0 Å². The summed E-state index contributed by atoms with van der Waals surface area (Å²) in [6.07, 6.45) is 2.07. The summed E-state index contributed by atoms with van der Waals surface area (Å²) in [6, 6.07) is 7.85. The molecule has 6 heteroatoms. The molecule has 0 radical (unpaired) electrons. The number of carbonyl (C=O) groups excluding carboxylic acids is 1. The van der Waals surface area contributed by atoms with Crippen LogP contribution in [-0.4, -0.2) is 36.6 Å². The number of hydrogen-bond acceptors (Lipinski definition) is 3. The Morgan fingerprint density at radius 2 is 2.04 bits per heavy atom. The van der Waals surface area contributed by atoms with Crippen molar-refractivity contribution in [2.75, 3.05) is 20.8 Å². The lowest BCUT2D eigenvalue weighted by Crippen LogP contribution is -2.35. The Labute approximate surface area is 150 Å². The van der Waals surface area contributed by atoms with Gasteiger partial charge < -0.3 is 19.4 Å². The number of benzene rings is 1. The first-order chi connectivity index (χ1) is 11.6. The van der Waals surface area contributed by atoms with E-state index in [0.29, 0.717) is 30.9 Å². The molecular formula is C18H21BrN2O3. The van der Waals surface area contributed by atoms with Crippen LogP contribution < -0.4 is 9.47 Å². The SMILES string of the molecule is COc1ccc(CCC(=O)N2CCc3[nH]c(Br)cc3C2)cc1OC. The van der Waals surface area contributed by atoms with Crippen LogP contribution >= 0.6 is 15.9 Å². The Hall–Kier alpha value is -1.95. The van der Waals surface area contributed by atoms with Gasteiger partial charge in [-0.1, -0.05) is 6.07 Å². The van der Waals surface area contributed by atoms with E-state index in [1.807, 2.05) is 23.1 Å². The molecule has 2 aromatic rings. The summed E-state index contributed by atoms with van der Waals surface area (Å²) in [7, 11) is 3.23. The van der Waals surface area contributed by atoms with E-state index in [1.165, 1.54) is 11.3 Å². The molecule has 1 aromatic heterocycles. The maximum Gasteiger partial charge on any atom is 0.223 e. The smallest absolute Gasteiger partial charge is 0.223 e.